The number of para-hydroxylation sites is 1. The molecule has 0 fully saturated rings. The van der Waals surface area contributed by atoms with E-state index >= 15 is 0 Å². The molecule has 1 aliphatic rings. The quantitative estimate of drug-likeness (QED) is 0.573. The fourth-order valence-electron chi connectivity index (χ4n) is 2.96. The van der Waals surface area contributed by atoms with Gasteiger partial charge >= 0.3 is 0 Å². The number of hydrogen-bond donors (Lipinski definition) is 4. The number of anilines is 2. The van der Waals surface area contributed by atoms with E-state index in [1.54, 1.807) is 43.3 Å². The molecule has 1 aliphatic heterocycles. The smallest absolute Gasteiger partial charge is 0.255 e. The van der Waals surface area contributed by atoms with E-state index in [9.17, 15) is 9.59 Å². The minimum absolute atomic E-state index is 0.149. The number of halogens is 1. The lowest BCUT2D eigenvalue weighted by atomic mass is 9.94. The average molecular weight is 415 g/mol. The largest absolute Gasteiger partial charge is 0.351 e. The summed E-state index contributed by atoms with van der Waals surface area (Å²) in [6.45, 7) is 3.25. The van der Waals surface area contributed by atoms with Gasteiger partial charge in [0.15, 0.2) is 5.11 Å². The van der Waals surface area contributed by atoms with E-state index in [4.69, 9.17) is 23.8 Å². The van der Waals surface area contributed by atoms with Gasteiger partial charge in [0.25, 0.3) is 5.91 Å². The number of thiocarbonyl (C=S) groups is 1. The van der Waals surface area contributed by atoms with Crippen LogP contribution in [0.4, 0.5) is 11.4 Å². The fraction of sp³-hybridized carbons (Fsp3) is 0.150. The second kappa shape index (κ2) is 8.41. The zero-order valence-electron chi connectivity index (χ0n) is 15.3. The molecule has 2 aromatic carbocycles. The summed E-state index contributed by atoms with van der Waals surface area (Å²) in [5.41, 5.74) is 3.20. The van der Waals surface area contributed by atoms with Crippen LogP contribution >= 0.6 is 23.8 Å². The second-order valence-electron chi connectivity index (χ2n) is 6.31. The molecular formula is C20H19ClN4O2S. The molecule has 4 N–H and O–H groups in total. The molecule has 2 amide bonds. The van der Waals surface area contributed by atoms with Gasteiger partial charge in [-0.2, -0.15) is 0 Å². The van der Waals surface area contributed by atoms with E-state index in [2.05, 4.69) is 21.3 Å². The number of carbonyl (C=O) groups excluding carboxylic acids is 2. The number of amides is 2. The van der Waals surface area contributed by atoms with Crippen molar-refractivity contribution in [3.63, 3.8) is 0 Å². The highest BCUT2D eigenvalue weighted by atomic mass is 35.5. The van der Waals surface area contributed by atoms with Crippen molar-refractivity contribution in [2.24, 2.45) is 0 Å². The maximum absolute atomic E-state index is 13.0. The fourth-order valence-corrected chi connectivity index (χ4v) is 3.41. The van der Waals surface area contributed by atoms with Crippen LogP contribution in [0.2, 0.25) is 5.02 Å². The van der Waals surface area contributed by atoms with Crippen LogP contribution in [-0.2, 0) is 9.59 Å². The predicted molar refractivity (Wildman–Crippen MR) is 115 cm³/mol. The topological polar surface area (TPSA) is 82.3 Å². The summed E-state index contributed by atoms with van der Waals surface area (Å²) in [6, 6.07) is 13.8. The number of rotatable bonds is 4. The standard InChI is InChI=1S/C20H19ClN4O2S/c1-11-17(19(27)24-16-6-4-3-5-15(16)21)18(25-20(28)22-11)13-7-9-14(10-8-13)23-12(2)26/h3-10,18H,1-2H3,(H,23,26)(H,24,27)(H2,22,25,28). The first-order valence-corrected chi connectivity index (χ1v) is 9.35. The number of hydrogen-bond acceptors (Lipinski definition) is 3. The first-order valence-electron chi connectivity index (χ1n) is 8.57. The van der Waals surface area contributed by atoms with Gasteiger partial charge in [-0.1, -0.05) is 35.9 Å². The summed E-state index contributed by atoms with van der Waals surface area (Å²) >= 11 is 11.4. The molecule has 0 bridgehead atoms. The molecular weight excluding hydrogens is 396 g/mol. The van der Waals surface area contributed by atoms with Gasteiger partial charge in [0, 0.05) is 18.3 Å². The third-order valence-electron chi connectivity index (χ3n) is 4.20. The van der Waals surface area contributed by atoms with Crippen molar-refractivity contribution >= 4 is 52.1 Å². The third-order valence-corrected chi connectivity index (χ3v) is 4.75. The van der Waals surface area contributed by atoms with E-state index < -0.39 is 6.04 Å². The lowest BCUT2D eigenvalue weighted by molar-refractivity contribution is -0.114. The van der Waals surface area contributed by atoms with E-state index in [-0.39, 0.29) is 11.8 Å². The molecule has 2 aromatic rings. The third kappa shape index (κ3) is 4.49. The molecule has 0 aliphatic carbocycles. The molecule has 144 valence electrons. The van der Waals surface area contributed by atoms with E-state index in [1.165, 1.54) is 6.92 Å². The molecule has 0 spiro atoms. The minimum atomic E-state index is -0.442. The van der Waals surface area contributed by atoms with Crippen molar-refractivity contribution < 1.29 is 9.59 Å². The summed E-state index contributed by atoms with van der Waals surface area (Å²) in [7, 11) is 0. The molecule has 0 saturated heterocycles. The van der Waals surface area contributed by atoms with E-state index in [0.29, 0.717) is 32.8 Å². The Hall–Kier alpha value is -2.90. The highest BCUT2D eigenvalue weighted by Crippen LogP contribution is 2.30. The lowest BCUT2D eigenvalue weighted by Crippen LogP contribution is -2.45. The van der Waals surface area contributed by atoms with E-state index in [1.807, 2.05) is 12.1 Å². The van der Waals surface area contributed by atoms with Crippen molar-refractivity contribution in [1.29, 1.82) is 0 Å². The van der Waals surface area contributed by atoms with Crippen LogP contribution in [0.5, 0.6) is 0 Å². The summed E-state index contributed by atoms with van der Waals surface area (Å²) in [5.74, 6) is -0.437. The Kier molecular flexibility index (Phi) is 5.96. The highest BCUT2D eigenvalue weighted by molar-refractivity contribution is 7.80. The molecule has 8 heteroatoms. The van der Waals surface area contributed by atoms with Gasteiger partial charge in [0.2, 0.25) is 5.91 Å². The average Bonchev–Trinajstić information content (AvgIpc) is 2.63. The molecule has 1 atom stereocenters. The Morgan fingerprint density at radius 3 is 2.39 bits per heavy atom. The lowest BCUT2D eigenvalue weighted by Gasteiger charge is -2.30. The maximum Gasteiger partial charge on any atom is 0.255 e. The number of benzene rings is 2. The van der Waals surface area contributed by atoms with Crippen molar-refractivity contribution in [2.75, 3.05) is 10.6 Å². The summed E-state index contributed by atoms with van der Waals surface area (Å²) < 4.78 is 0. The molecule has 3 rings (SSSR count). The van der Waals surface area contributed by atoms with Crippen LogP contribution in [0.1, 0.15) is 25.5 Å². The molecule has 0 radical (unpaired) electrons. The van der Waals surface area contributed by atoms with E-state index in [0.717, 1.165) is 5.56 Å². The second-order valence-corrected chi connectivity index (χ2v) is 7.12. The Morgan fingerprint density at radius 1 is 1.07 bits per heavy atom. The van der Waals surface area contributed by atoms with Crippen LogP contribution in [0.3, 0.4) is 0 Å². The molecule has 0 saturated carbocycles. The SMILES string of the molecule is CC(=O)Nc1ccc(C2NC(=S)NC(C)=C2C(=O)Nc2ccccc2Cl)cc1. The molecule has 1 heterocycles. The van der Waals surface area contributed by atoms with Crippen molar-refractivity contribution in [1.82, 2.24) is 10.6 Å². The maximum atomic E-state index is 13.0. The number of carbonyl (C=O) groups is 2. The Morgan fingerprint density at radius 2 is 1.75 bits per heavy atom. The molecule has 6 nitrogen and oxygen atoms in total. The molecule has 28 heavy (non-hydrogen) atoms. The minimum Gasteiger partial charge on any atom is -0.351 e. The Bertz CT molecular complexity index is 972. The zero-order valence-corrected chi connectivity index (χ0v) is 16.9. The molecule has 1 unspecified atom stereocenters. The van der Waals surface area contributed by atoms with Crippen LogP contribution < -0.4 is 21.3 Å². The monoisotopic (exact) mass is 414 g/mol. The van der Waals surface area contributed by atoms with Gasteiger partial charge in [-0.05, 0) is 49.0 Å². The van der Waals surface area contributed by atoms with Crippen LogP contribution in [-0.4, -0.2) is 16.9 Å². The van der Waals surface area contributed by atoms with Crippen molar-refractivity contribution in [2.45, 2.75) is 19.9 Å². The van der Waals surface area contributed by atoms with Crippen LogP contribution in [0.15, 0.2) is 59.8 Å². The van der Waals surface area contributed by atoms with Crippen LogP contribution in [0, 0.1) is 0 Å². The number of allylic oxidation sites excluding steroid dienone is 1. The predicted octanol–water partition coefficient (Wildman–Crippen LogP) is 3.73. The Labute approximate surface area is 173 Å². The number of nitrogens with one attached hydrogen (secondary N) is 4. The first kappa shape index (κ1) is 19.9. The molecule has 0 aromatic heterocycles. The summed E-state index contributed by atoms with van der Waals surface area (Å²) in [6.07, 6.45) is 0. The van der Waals surface area contributed by atoms with Gasteiger partial charge in [-0.25, -0.2) is 0 Å². The van der Waals surface area contributed by atoms with Gasteiger partial charge in [-0.3, -0.25) is 9.59 Å². The zero-order chi connectivity index (χ0) is 20.3. The Balaban J connectivity index is 1.91. The summed E-state index contributed by atoms with van der Waals surface area (Å²) in [5, 5.41) is 12.6. The van der Waals surface area contributed by atoms with Gasteiger partial charge in [0.05, 0.1) is 22.3 Å². The van der Waals surface area contributed by atoms with Gasteiger partial charge < -0.3 is 21.3 Å². The highest BCUT2D eigenvalue weighted by Gasteiger charge is 2.30. The van der Waals surface area contributed by atoms with Gasteiger partial charge in [0.1, 0.15) is 0 Å². The normalized spacial score (nSPS) is 16.1. The van der Waals surface area contributed by atoms with Crippen LogP contribution in [0.25, 0.3) is 0 Å². The van der Waals surface area contributed by atoms with Crippen molar-refractivity contribution in [3.05, 3.63) is 70.4 Å². The first-order chi connectivity index (χ1) is 13.3. The van der Waals surface area contributed by atoms with Gasteiger partial charge in [-0.15, -0.1) is 0 Å². The summed E-state index contributed by atoms with van der Waals surface area (Å²) in [4.78, 5) is 24.2. The van der Waals surface area contributed by atoms with Crippen molar-refractivity contribution in [3.8, 4) is 0 Å².